The summed E-state index contributed by atoms with van der Waals surface area (Å²) < 4.78 is 22.8. The second-order valence-electron chi connectivity index (χ2n) is 4.56. The van der Waals surface area contributed by atoms with Crippen LogP contribution in [-0.2, 0) is 9.84 Å². The van der Waals surface area contributed by atoms with Crippen molar-refractivity contribution in [3.63, 3.8) is 0 Å². The van der Waals surface area contributed by atoms with E-state index in [1.807, 2.05) is 18.7 Å². The van der Waals surface area contributed by atoms with Gasteiger partial charge in [-0.2, -0.15) is 10.1 Å². The second kappa shape index (κ2) is 5.68. The van der Waals surface area contributed by atoms with Gasteiger partial charge in [-0.3, -0.25) is 0 Å². The molecule has 19 heavy (non-hydrogen) atoms. The third-order valence-electron chi connectivity index (χ3n) is 3.18. The SMILES string of the molecule is CCN(CC)c1nncc(NC2CCS(=O)(=O)C2)n1. The van der Waals surface area contributed by atoms with Crippen LogP contribution in [0.25, 0.3) is 0 Å². The van der Waals surface area contributed by atoms with Crippen LogP contribution >= 0.6 is 0 Å². The van der Waals surface area contributed by atoms with Gasteiger partial charge in [0.1, 0.15) is 0 Å². The van der Waals surface area contributed by atoms with Crippen LogP contribution in [0.2, 0.25) is 0 Å². The zero-order valence-electron chi connectivity index (χ0n) is 11.2. The molecule has 0 radical (unpaired) electrons. The van der Waals surface area contributed by atoms with Crippen molar-refractivity contribution in [1.29, 1.82) is 0 Å². The van der Waals surface area contributed by atoms with Gasteiger partial charge in [0.05, 0.1) is 17.7 Å². The number of hydrogen-bond donors (Lipinski definition) is 1. The molecule has 1 unspecified atom stereocenters. The quantitative estimate of drug-likeness (QED) is 0.833. The molecule has 1 N–H and O–H groups in total. The van der Waals surface area contributed by atoms with Crippen LogP contribution in [0, 0.1) is 0 Å². The van der Waals surface area contributed by atoms with Gasteiger partial charge in [0.25, 0.3) is 0 Å². The highest BCUT2D eigenvalue weighted by atomic mass is 32.2. The van der Waals surface area contributed by atoms with E-state index < -0.39 is 9.84 Å². The molecule has 1 saturated heterocycles. The first-order chi connectivity index (χ1) is 9.04. The zero-order valence-corrected chi connectivity index (χ0v) is 12.0. The van der Waals surface area contributed by atoms with Crippen molar-refractivity contribution in [2.75, 3.05) is 34.8 Å². The molecule has 7 nitrogen and oxygen atoms in total. The van der Waals surface area contributed by atoms with Crippen LogP contribution in [-0.4, -0.2) is 54.2 Å². The Labute approximate surface area is 113 Å². The monoisotopic (exact) mass is 285 g/mol. The number of nitrogens with zero attached hydrogens (tertiary/aromatic N) is 4. The topological polar surface area (TPSA) is 88.1 Å². The van der Waals surface area contributed by atoms with Gasteiger partial charge in [0.15, 0.2) is 15.7 Å². The lowest BCUT2D eigenvalue weighted by molar-refractivity contribution is 0.602. The van der Waals surface area contributed by atoms with E-state index in [9.17, 15) is 8.42 Å². The van der Waals surface area contributed by atoms with Gasteiger partial charge in [0.2, 0.25) is 5.95 Å². The van der Waals surface area contributed by atoms with Crippen LogP contribution in [0.3, 0.4) is 0 Å². The molecule has 1 atom stereocenters. The van der Waals surface area contributed by atoms with Gasteiger partial charge in [-0.25, -0.2) is 8.42 Å². The standard InChI is InChI=1S/C11H19N5O2S/c1-3-16(4-2)11-14-10(7-12-15-11)13-9-5-6-19(17,18)8-9/h7,9H,3-6,8H2,1-2H3,(H,13,14,15). The van der Waals surface area contributed by atoms with Gasteiger partial charge in [-0.15, -0.1) is 5.10 Å². The van der Waals surface area contributed by atoms with Gasteiger partial charge in [-0.1, -0.05) is 0 Å². The van der Waals surface area contributed by atoms with Crippen LogP contribution < -0.4 is 10.2 Å². The molecule has 0 amide bonds. The normalized spacial score (nSPS) is 21.3. The smallest absolute Gasteiger partial charge is 0.247 e. The number of rotatable bonds is 5. The molecular formula is C11H19N5O2S. The van der Waals surface area contributed by atoms with E-state index in [1.165, 1.54) is 6.20 Å². The fraction of sp³-hybridized carbons (Fsp3) is 0.727. The first-order valence-electron chi connectivity index (χ1n) is 6.45. The second-order valence-corrected chi connectivity index (χ2v) is 6.79. The Kier molecular flexibility index (Phi) is 4.18. The fourth-order valence-corrected chi connectivity index (χ4v) is 3.80. The van der Waals surface area contributed by atoms with E-state index in [0.717, 1.165) is 13.1 Å². The van der Waals surface area contributed by atoms with Crippen LogP contribution in [0.5, 0.6) is 0 Å². The van der Waals surface area contributed by atoms with Gasteiger partial charge in [-0.05, 0) is 20.3 Å². The molecule has 1 fully saturated rings. The molecule has 106 valence electrons. The molecule has 1 aliphatic heterocycles. The Morgan fingerprint density at radius 3 is 2.74 bits per heavy atom. The summed E-state index contributed by atoms with van der Waals surface area (Å²) in [6.45, 7) is 5.66. The summed E-state index contributed by atoms with van der Waals surface area (Å²) in [6.07, 6.45) is 2.14. The predicted molar refractivity (Wildman–Crippen MR) is 74.1 cm³/mol. The maximum absolute atomic E-state index is 11.4. The van der Waals surface area contributed by atoms with Gasteiger partial charge < -0.3 is 10.2 Å². The number of aromatic nitrogens is 3. The lowest BCUT2D eigenvalue weighted by Crippen LogP contribution is -2.26. The Hall–Kier alpha value is -1.44. The molecule has 0 aromatic carbocycles. The average Bonchev–Trinajstić information content (AvgIpc) is 2.71. The molecule has 0 saturated carbocycles. The van der Waals surface area contributed by atoms with E-state index in [-0.39, 0.29) is 17.5 Å². The summed E-state index contributed by atoms with van der Waals surface area (Å²) in [4.78, 5) is 6.36. The molecule has 1 aromatic heterocycles. The summed E-state index contributed by atoms with van der Waals surface area (Å²) in [7, 11) is -2.89. The number of sulfone groups is 1. The van der Waals surface area contributed by atoms with Crippen molar-refractivity contribution in [3.05, 3.63) is 6.20 Å². The minimum absolute atomic E-state index is 0.0775. The summed E-state index contributed by atoms with van der Waals surface area (Å²) in [5.41, 5.74) is 0. The fourth-order valence-electron chi connectivity index (χ4n) is 2.12. The highest BCUT2D eigenvalue weighted by molar-refractivity contribution is 7.91. The molecule has 2 rings (SSSR count). The molecule has 2 heterocycles. The van der Waals surface area contributed by atoms with E-state index >= 15 is 0 Å². The molecule has 1 aromatic rings. The average molecular weight is 285 g/mol. The number of anilines is 2. The molecule has 8 heteroatoms. The van der Waals surface area contributed by atoms with Gasteiger partial charge in [0, 0.05) is 19.1 Å². The third kappa shape index (κ3) is 3.52. The minimum atomic E-state index is -2.89. The van der Waals surface area contributed by atoms with E-state index in [2.05, 4.69) is 20.5 Å². The first kappa shape index (κ1) is 14.0. The Balaban J connectivity index is 2.07. The Morgan fingerprint density at radius 1 is 1.42 bits per heavy atom. The summed E-state index contributed by atoms with van der Waals surface area (Å²) in [5, 5.41) is 11.0. The predicted octanol–water partition coefficient (Wildman–Crippen LogP) is 0.317. The third-order valence-corrected chi connectivity index (χ3v) is 4.95. The number of nitrogens with one attached hydrogen (secondary N) is 1. The van der Waals surface area contributed by atoms with E-state index in [0.29, 0.717) is 18.2 Å². The van der Waals surface area contributed by atoms with Crippen molar-refractivity contribution in [3.8, 4) is 0 Å². The van der Waals surface area contributed by atoms with Crippen molar-refractivity contribution in [2.45, 2.75) is 26.3 Å². The molecule has 0 bridgehead atoms. The van der Waals surface area contributed by atoms with Crippen LogP contribution in [0.4, 0.5) is 11.8 Å². The summed E-state index contributed by atoms with van der Waals surface area (Å²) in [5.74, 6) is 1.55. The van der Waals surface area contributed by atoms with Crippen molar-refractivity contribution < 1.29 is 8.42 Å². The molecule has 0 aliphatic carbocycles. The molecule has 0 spiro atoms. The molecular weight excluding hydrogens is 266 g/mol. The maximum Gasteiger partial charge on any atom is 0.247 e. The lowest BCUT2D eigenvalue weighted by Gasteiger charge is -2.18. The van der Waals surface area contributed by atoms with E-state index in [1.54, 1.807) is 0 Å². The van der Waals surface area contributed by atoms with Crippen molar-refractivity contribution in [2.24, 2.45) is 0 Å². The highest BCUT2D eigenvalue weighted by Gasteiger charge is 2.28. The maximum atomic E-state index is 11.4. The van der Waals surface area contributed by atoms with Crippen LogP contribution in [0.1, 0.15) is 20.3 Å². The minimum Gasteiger partial charge on any atom is -0.365 e. The highest BCUT2D eigenvalue weighted by Crippen LogP contribution is 2.16. The van der Waals surface area contributed by atoms with Crippen LogP contribution in [0.15, 0.2) is 6.20 Å². The van der Waals surface area contributed by atoms with E-state index in [4.69, 9.17) is 0 Å². The lowest BCUT2D eigenvalue weighted by atomic mass is 10.3. The largest absolute Gasteiger partial charge is 0.365 e. The van der Waals surface area contributed by atoms with Crippen molar-refractivity contribution in [1.82, 2.24) is 15.2 Å². The zero-order chi connectivity index (χ0) is 13.9. The Morgan fingerprint density at radius 2 is 2.16 bits per heavy atom. The molecule has 1 aliphatic rings. The first-order valence-corrected chi connectivity index (χ1v) is 8.28. The van der Waals surface area contributed by atoms with Gasteiger partial charge >= 0.3 is 0 Å². The summed E-state index contributed by atoms with van der Waals surface area (Å²) >= 11 is 0. The van der Waals surface area contributed by atoms with Crippen molar-refractivity contribution >= 4 is 21.6 Å². The Bertz CT molecular complexity index is 530. The summed E-state index contributed by atoms with van der Waals surface area (Å²) in [6, 6.07) is -0.0775. The number of hydrogen-bond acceptors (Lipinski definition) is 7.